The summed E-state index contributed by atoms with van der Waals surface area (Å²) in [6.07, 6.45) is 0. The molecular formula is C13H11BrFNO. The van der Waals surface area contributed by atoms with Gasteiger partial charge in [-0.3, -0.25) is 0 Å². The number of halogens is 2. The summed E-state index contributed by atoms with van der Waals surface area (Å²) in [6, 6.07) is 11.6. The van der Waals surface area contributed by atoms with Crippen molar-refractivity contribution in [3.63, 3.8) is 0 Å². The maximum atomic E-state index is 12.9. The molecule has 0 aliphatic carbocycles. The molecule has 88 valence electrons. The molecule has 0 spiro atoms. The molecule has 0 amide bonds. The van der Waals surface area contributed by atoms with Gasteiger partial charge in [0.15, 0.2) is 0 Å². The molecule has 0 saturated carbocycles. The molecule has 2 rings (SSSR count). The minimum absolute atomic E-state index is 0.305. The molecule has 0 bridgehead atoms. The van der Waals surface area contributed by atoms with Gasteiger partial charge in [-0.2, -0.15) is 0 Å². The van der Waals surface area contributed by atoms with Crippen LogP contribution >= 0.6 is 15.9 Å². The van der Waals surface area contributed by atoms with Crippen LogP contribution in [-0.2, 0) is 6.61 Å². The summed E-state index contributed by atoms with van der Waals surface area (Å²) in [5.74, 6) is 0.207. The minimum atomic E-state index is -0.305. The molecule has 2 N–H and O–H groups in total. The topological polar surface area (TPSA) is 35.2 Å². The summed E-state index contributed by atoms with van der Waals surface area (Å²) in [5, 5.41) is 0. The highest BCUT2D eigenvalue weighted by atomic mass is 79.9. The van der Waals surface area contributed by atoms with Gasteiger partial charge in [0.25, 0.3) is 0 Å². The molecule has 2 aromatic rings. The van der Waals surface area contributed by atoms with Gasteiger partial charge in [-0.15, -0.1) is 0 Å². The van der Waals surface area contributed by atoms with Crippen molar-refractivity contribution in [1.29, 1.82) is 0 Å². The molecule has 0 unspecified atom stereocenters. The molecule has 0 atom stereocenters. The lowest BCUT2D eigenvalue weighted by atomic mass is 10.2. The lowest BCUT2D eigenvalue weighted by Gasteiger charge is -2.07. The fraction of sp³-hybridized carbons (Fsp3) is 0.0769. The van der Waals surface area contributed by atoms with Gasteiger partial charge in [0.2, 0.25) is 0 Å². The van der Waals surface area contributed by atoms with E-state index < -0.39 is 0 Å². The van der Waals surface area contributed by atoms with Crippen LogP contribution in [0.1, 0.15) is 5.56 Å². The van der Waals surface area contributed by atoms with Crippen LogP contribution < -0.4 is 10.5 Å². The van der Waals surface area contributed by atoms with Gasteiger partial charge in [0.1, 0.15) is 18.2 Å². The predicted octanol–water partition coefficient (Wildman–Crippen LogP) is 3.75. The normalized spacial score (nSPS) is 10.2. The summed E-state index contributed by atoms with van der Waals surface area (Å²) in [7, 11) is 0. The van der Waals surface area contributed by atoms with Gasteiger partial charge < -0.3 is 10.5 Å². The summed E-state index contributed by atoms with van der Waals surface area (Å²) in [6.45, 7) is 0.377. The first kappa shape index (κ1) is 11.9. The molecule has 17 heavy (non-hydrogen) atoms. The zero-order valence-electron chi connectivity index (χ0n) is 8.99. The van der Waals surface area contributed by atoms with Gasteiger partial charge in [-0.25, -0.2) is 4.39 Å². The quantitative estimate of drug-likeness (QED) is 0.875. The number of rotatable bonds is 3. The zero-order valence-corrected chi connectivity index (χ0v) is 10.6. The summed E-state index contributed by atoms with van der Waals surface area (Å²) < 4.78 is 19.2. The van der Waals surface area contributed by atoms with E-state index in [4.69, 9.17) is 10.5 Å². The lowest BCUT2D eigenvalue weighted by molar-refractivity contribution is 0.304. The van der Waals surface area contributed by atoms with Gasteiger partial charge >= 0.3 is 0 Å². The molecule has 4 heteroatoms. The van der Waals surface area contributed by atoms with Gasteiger partial charge in [0, 0.05) is 16.2 Å². The van der Waals surface area contributed by atoms with Crippen molar-refractivity contribution in [1.82, 2.24) is 0 Å². The summed E-state index contributed by atoms with van der Waals surface area (Å²) in [4.78, 5) is 0. The second-order valence-corrected chi connectivity index (χ2v) is 4.46. The fourth-order valence-electron chi connectivity index (χ4n) is 1.38. The Balaban J connectivity index is 2.05. The maximum Gasteiger partial charge on any atom is 0.126 e. The smallest absolute Gasteiger partial charge is 0.126 e. The summed E-state index contributed by atoms with van der Waals surface area (Å²) in [5.41, 5.74) is 7.33. The van der Waals surface area contributed by atoms with Crippen LogP contribution in [0.5, 0.6) is 5.75 Å². The zero-order chi connectivity index (χ0) is 12.3. The van der Waals surface area contributed by atoms with E-state index >= 15 is 0 Å². The predicted molar refractivity (Wildman–Crippen MR) is 69.3 cm³/mol. The first-order valence-corrected chi connectivity index (χ1v) is 5.87. The van der Waals surface area contributed by atoms with Crippen LogP contribution in [0.15, 0.2) is 46.9 Å². The highest BCUT2D eigenvalue weighted by Crippen LogP contribution is 2.21. The Bertz CT molecular complexity index is 531. The largest absolute Gasteiger partial charge is 0.489 e. The van der Waals surface area contributed by atoms with E-state index in [9.17, 15) is 4.39 Å². The summed E-state index contributed by atoms with van der Waals surface area (Å²) >= 11 is 3.34. The Morgan fingerprint density at radius 1 is 1.18 bits per heavy atom. The third kappa shape index (κ3) is 3.20. The second-order valence-electron chi connectivity index (χ2n) is 3.60. The van der Waals surface area contributed by atoms with Crippen LogP contribution in [0, 0.1) is 5.82 Å². The van der Waals surface area contributed by atoms with Crippen molar-refractivity contribution in [2.75, 3.05) is 5.73 Å². The van der Waals surface area contributed by atoms with Crippen molar-refractivity contribution >= 4 is 21.6 Å². The number of nitrogen functional groups attached to an aromatic ring is 1. The second kappa shape index (κ2) is 5.19. The highest BCUT2D eigenvalue weighted by molar-refractivity contribution is 9.10. The molecule has 0 aromatic heterocycles. The van der Waals surface area contributed by atoms with Crippen molar-refractivity contribution in [2.45, 2.75) is 6.61 Å². The van der Waals surface area contributed by atoms with Gasteiger partial charge in [0.05, 0.1) is 0 Å². The number of ether oxygens (including phenoxy) is 1. The Kier molecular flexibility index (Phi) is 3.64. The molecule has 0 aliphatic rings. The van der Waals surface area contributed by atoms with Gasteiger partial charge in [-0.05, 0) is 45.8 Å². The molecule has 0 saturated heterocycles. The van der Waals surface area contributed by atoms with E-state index in [2.05, 4.69) is 15.9 Å². The van der Waals surface area contributed by atoms with E-state index in [0.717, 1.165) is 10.0 Å². The van der Waals surface area contributed by atoms with Crippen molar-refractivity contribution in [2.24, 2.45) is 0 Å². The van der Waals surface area contributed by atoms with E-state index in [1.165, 1.54) is 12.1 Å². The number of hydrogen-bond donors (Lipinski definition) is 1. The molecule has 2 aromatic carbocycles. The first-order chi connectivity index (χ1) is 8.15. The number of anilines is 1. The Morgan fingerprint density at radius 2 is 2.00 bits per heavy atom. The minimum Gasteiger partial charge on any atom is -0.489 e. The molecule has 0 radical (unpaired) electrons. The Morgan fingerprint density at radius 3 is 2.71 bits per heavy atom. The average Bonchev–Trinajstić information content (AvgIpc) is 2.31. The standard InChI is InChI=1S/C13H11BrFNO/c14-12-6-9(4-5-13(12)16)8-17-11-3-1-2-10(15)7-11/h1-7H,8,16H2. The number of hydrogen-bond acceptors (Lipinski definition) is 2. The molecular weight excluding hydrogens is 285 g/mol. The van der Waals surface area contributed by atoms with E-state index in [1.807, 2.05) is 12.1 Å². The van der Waals surface area contributed by atoms with Crippen molar-refractivity contribution in [3.05, 3.63) is 58.3 Å². The average molecular weight is 296 g/mol. The van der Waals surface area contributed by atoms with Crippen molar-refractivity contribution in [3.8, 4) is 5.75 Å². The van der Waals surface area contributed by atoms with E-state index in [1.54, 1.807) is 18.2 Å². The highest BCUT2D eigenvalue weighted by Gasteiger charge is 2.00. The van der Waals surface area contributed by atoms with Crippen LogP contribution in [0.25, 0.3) is 0 Å². The van der Waals surface area contributed by atoms with Crippen LogP contribution in [0.2, 0.25) is 0 Å². The molecule has 2 nitrogen and oxygen atoms in total. The number of benzene rings is 2. The monoisotopic (exact) mass is 295 g/mol. The first-order valence-electron chi connectivity index (χ1n) is 5.07. The third-order valence-corrected chi connectivity index (χ3v) is 2.95. The van der Waals surface area contributed by atoms with Crippen LogP contribution in [0.4, 0.5) is 10.1 Å². The molecule has 0 fully saturated rings. The number of nitrogens with two attached hydrogens (primary N) is 1. The third-order valence-electron chi connectivity index (χ3n) is 2.27. The Hall–Kier alpha value is -1.55. The van der Waals surface area contributed by atoms with E-state index in [0.29, 0.717) is 18.0 Å². The van der Waals surface area contributed by atoms with E-state index in [-0.39, 0.29) is 5.82 Å². The SMILES string of the molecule is Nc1ccc(COc2cccc(F)c2)cc1Br. The lowest BCUT2D eigenvalue weighted by Crippen LogP contribution is -1.97. The van der Waals surface area contributed by atoms with Crippen LogP contribution in [0.3, 0.4) is 0 Å². The molecule has 0 aliphatic heterocycles. The maximum absolute atomic E-state index is 12.9. The fourth-order valence-corrected chi connectivity index (χ4v) is 1.81. The van der Waals surface area contributed by atoms with Gasteiger partial charge in [-0.1, -0.05) is 12.1 Å². The van der Waals surface area contributed by atoms with Crippen LogP contribution in [-0.4, -0.2) is 0 Å². The van der Waals surface area contributed by atoms with Crippen molar-refractivity contribution < 1.29 is 9.13 Å². The Labute approximate surface area is 107 Å². The molecule has 0 heterocycles.